The van der Waals surface area contributed by atoms with E-state index in [0.29, 0.717) is 40.1 Å². The molecular weight excluding hydrogens is 576 g/mol. The Bertz CT molecular complexity index is 1930. The average molecular weight is 607 g/mol. The van der Waals surface area contributed by atoms with Crippen molar-refractivity contribution in [2.75, 3.05) is 19.1 Å². The molecule has 1 amide bonds. The van der Waals surface area contributed by atoms with Gasteiger partial charge in [-0.15, -0.1) is 0 Å². The fourth-order valence-electron chi connectivity index (χ4n) is 5.44. The van der Waals surface area contributed by atoms with E-state index in [0.717, 1.165) is 26.9 Å². The number of amides is 1. The Morgan fingerprint density at radius 3 is 2.45 bits per heavy atom. The Labute approximate surface area is 258 Å². The number of ether oxygens (including phenoxy) is 3. The third-order valence-electron chi connectivity index (χ3n) is 7.55. The predicted octanol–water partition coefficient (Wildman–Crippen LogP) is 7.14. The fourth-order valence-corrected chi connectivity index (χ4v) is 6.61. The number of methoxy groups -OCH3 is 2. The highest BCUT2D eigenvalue weighted by atomic mass is 32.1. The van der Waals surface area contributed by atoms with Gasteiger partial charge < -0.3 is 19.3 Å². The largest absolute Gasteiger partial charge is 0.507 e. The molecule has 1 aliphatic rings. The molecule has 0 radical (unpaired) electrons. The first-order valence-electron chi connectivity index (χ1n) is 14.0. The topological polar surface area (TPSA) is 98.2 Å². The van der Waals surface area contributed by atoms with Gasteiger partial charge in [0.15, 0.2) is 16.6 Å². The highest BCUT2D eigenvalue weighted by Crippen LogP contribution is 2.46. The normalized spacial score (nSPS) is 16.0. The van der Waals surface area contributed by atoms with E-state index < -0.39 is 17.7 Å². The maximum absolute atomic E-state index is 13.8. The lowest BCUT2D eigenvalue weighted by Gasteiger charge is -2.24. The maximum atomic E-state index is 13.8. The van der Waals surface area contributed by atoms with Gasteiger partial charge in [-0.25, -0.2) is 4.98 Å². The zero-order valence-corrected chi connectivity index (χ0v) is 25.5. The number of anilines is 1. The Morgan fingerprint density at radius 2 is 1.70 bits per heavy atom. The molecule has 0 aliphatic carbocycles. The molecule has 2 heterocycles. The van der Waals surface area contributed by atoms with E-state index in [1.54, 1.807) is 42.5 Å². The van der Waals surface area contributed by atoms with Crippen LogP contribution in [0.2, 0.25) is 0 Å². The second-order valence-corrected chi connectivity index (χ2v) is 11.5. The molecule has 4 aromatic carbocycles. The molecule has 1 atom stereocenters. The summed E-state index contributed by atoms with van der Waals surface area (Å²) in [6.45, 7) is 4.29. The maximum Gasteiger partial charge on any atom is 0.301 e. The van der Waals surface area contributed by atoms with Crippen LogP contribution < -0.4 is 19.1 Å². The summed E-state index contributed by atoms with van der Waals surface area (Å²) in [5.41, 5.74) is 4.61. The number of carbonyl (C=O) groups excluding carboxylic acids is 2. The Hall–Kier alpha value is -5.15. The molecule has 1 saturated heterocycles. The van der Waals surface area contributed by atoms with Gasteiger partial charge in [0, 0.05) is 5.56 Å². The number of aromatic nitrogens is 1. The number of nitrogens with zero attached hydrogens (tertiary/aromatic N) is 2. The van der Waals surface area contributed by atoms with Crippen LogP contribution in [-0.4, -0.2) is 36.0 Å². The molecule has 9 heteroatoms. The number of thiazole rings is 1. The average Bonchev–Trinajstić information content (AvgIpc) is 3.58. The fraction of sp³-hybridized carbons (Fsp3) is 0.171. The van der Waals surface area contributed by atoms with Crippen molar-refractivity contribution < 1.29 is 28.9 Å². The van der Waals surface area contributed by atoms with Crippen LogP contribution in [0.1, 0.15) is 33.9 Å². The molecule has 44 heavy (non-hydrogen) atoms. The first-order valence-corrected chi connectivity index (χ1v) is 14.8. The van der Waals surface area contributed by atoms with E-state index in [-0.39, 0.29) is 11.3 Å². The van der Waals surface area contributed by atoms with Crippen LogP contribution in [0.25, 0.3) is 16.0 Å². The number of benzene rings is 4. The Morgan fingerprint density at radius 1 is 0.909 bits per heavy atom. The number of rotatable bonds is 8. The zero-order chi connectivity index (χ0) is 31.0. The minimum absolute atomic E-state index is 0.0598. The SMILES string of the molecule is COc1cccc(/C(O)=C2\C(=O)C(=O)N(c3nc4c(C)cc(C)cc4s3)C2c2ccc(OCc3ccccc3)c(OC)c2)c1. The third kappa shape index (κ3) is 5.26. The number of carbonyl (C=O) groups is 2. The van der Waals surface area contributed by atoms with Crippen LogP contribution in [0.15, 0.2) is 90.5 Å². The zero-order valence-electron chi connectivity index (χ0n) is 24.7. The molecule has 1 N–H and O–H groups in total. The van der Waals surface area contributed by atoms with Gasteiger partial charge in [-0.05, 0) is 66.4 Å². The van der Waals surface area contributed by atoms with Crippen molar-refractivity contribution in [2.45, 2.75) is 26.5 Å². The first-order chi connectivity index (χ1) is 21.3. The van der Waals surface area contributed by atoms with Gasteiger partial charge in [-0.3, -0.25) is 14.5 Å². The summed E-state index contributed by atoms with van der Waals surface area (Å²) in [6.07, 6.45) is 0. The van der Waals surface area contributed by atoms with Crippen LogP contribution in [0.3, 0.4) is 0 Å². The molecule has 1 aromatic heterocycles. The first kappa shape index (κ1) is 28.9. The number of ketones is 1. The molecule has 8 nitrogen and oxygen atoms in total. The number of aryl methyl sites for hydroxylation is 2. The predicted molar refractivity (Wildman–Crippen MR) is 171 cm³/mol. The van der Waals surface area contributed by atoms with Crippen LogP contribution in [0.5, 0.6) is 17.2 Å². The van der Waals surface area contributed by atoms with Gasteiger partial charge in [0.1, 0.15) is 18.1 Å². The molecule has 1 unspecified atom stereocenters. The van der Waals surface area contributed by atoms with Gasteiger partial charge in [-0.1, -0.05) is 65.9 Å². The lowest BCUT2D eigenvalue weighted by molar-refractivity contribution is -0.132. The van der Waals surface area contributed by atoms with Crippen molar-refractivity contribution in [2.24, 2.45) is 0 Å². The summed E-state index contributed by atoms with van der Waals surface area (Å²) in [5.74, 6) is -0.496. The quantitative estimate of drug-likeness (QED) is 0.114. The molecule has 222 valence electrons. The molecule has 6 rings (SSSR count). The summed E-state index contributed by atoms with van der Waals surface area (Å²) >= 11 is 1.32. The van der Waals surface area contributed by atoms with Crippen LogP contribution in [0, 0.1) is 13.8 Å². The van der Waals surface area contributed by atoms with Crippen molar-refractivity contribution in [3.8, 4) is 17.2 Å². The van der Waals surface area contributed by atoms with E-state index in [9.17, 15) is 14.7 Å². The van der Waals surface area contributed by atoms with E-state index in [2.05, 4.69) is 0 Å². The van der Waals surface area contributed by atoms with E-state index in [1.807, 2.05) is 56.3 Å². The van der Waals surface area contributed by atoms with Crippen LogP contribution >= 0.6 is 11.3 Å². The van der Waals surface area contributed by atoms with Crippen molar-refractivity contribution in [1.29, 1.82) is 0 Å². The molecule has 0 saturated carbocycles. The van der Waals surface area contributed by atoms with Crippen molar-refractivity contribution >= 4 is 44.1 Å². The lowest BCUT2D eigenvalue weighted by atomic mass is 9.95. The number of hydrogen-bond donors (Lipinski definition) is 1. The number of Topliss-reactive ketones (excluding diaryl/α,β-unsaturated/α-hetero) is 1. The number of hydrogen-bond acceptors (Lipinski definition) is 8. The number of fused-ring (bicyclic) bond motifs is 1. The highest BCUT2D eigenvalue weighted by Gasteiger charge is 2.48. The van der Waals surface area contributed by atoms with Crippen molar-refractivity contribution in [3.63, 3.8) is 0 Å². The molecule has 0 spiro atoms. The lowest BCUT2D eigenvalue weighted by Crippen LogP contribution is -2.29. The van der Waals surface area contributed by atoms with Crippen molar-refractivity contribution in [1.82, 2.24) is 4.98 Å². The minimum atomic E-state index is -0.986. The van der Waals surface area contributed by atoms with E-state index >= 15 is 0 Å². The smallest absolute Gasteiger partial charge is 0.301 e. The summed E-state index contributed by atoms with van der Waals surface area (Å²) in [7, 11) is 3.04. The molecular formula is C35H30N2O6S. The standard InChI is InChI=1S/C35H30N2O6S/c1-20-15-21(2)30-28(16-20)44-35(36-30)37-31(29(33(39)34(37)40)32(38)24-11-8-12-25(17-24)41-3)23-13-14-26(27(18-23)42-4)43-19-22-9-6-5-7-10-22/h5-18,31,38H,19H2,1-4H3/b32-29+. The summed E-state index contributed by atoms with van der Waals surface area (Å²) < 4.78 is 18.0. The van der Waals surface area contributed by atoms with E-state index in [4.69, 9.17) is 19.2 Å². The second kappa shape index (κ2) is 11.9. The minimum Gasteiger partial charge on any atom is -0.507 e. The van der Waals surface area contributed by atoms with E-state index in [1.165, 1.54) is 30.5 Å². The van der Waals surface area contributed by atoms with Gasteiger partial charge in [-0.2, -0.15) is 0 Å². The van der Waals surface area contributed by atoms with Crippen LogP contribution in [0.4, 0.5) is 5.13 Å². The highest BCUT2D eigenvalue weighted by molar-refractivity contribution is 7.22. The van der Waals surface area contributed by atoms with Gasteiger partial charge in [0.2, 0.25) is 0 Å². The Kier molecular flexibility index (Phi) is 7.80. The van der Waals surface area contributed by atoms with Gasteiger partial charge in [0.05, 0.1) is 36.1 Å². The van der Waals surface area contributed by atoms with Crippen molar-refractivity contribution in [3.05, 3.63) is 118 Å². The van der Waals surface area contributed by atoms with Crippen LogP contribution in [-0.2, 0) is 16.2 Å². The van der Waals surface area contributed by atoms with Gasteiger partial charge >= 0.3 is 5.91 Å². The Balaban J connectivity index is 1.50. The number of aliphatic hydroxyl groups is 1. The third-order valence-corrected chi connectivity index (χ3v) is 8.55. The number of aliphatic hydroxyl groups excluding tert-OH is 1. The molecule has 1 aliphatic heterocycles. The molecule has 5 aromatic rings. The molecule has 0 bridgehead atoms. The second-order valence-electron chi connectivity index (χ2n) is 10.5. The molecule has 1 fully saturated rings. The monoisotopic (exact) mass is 606 g/mol. The summed E-state index contributed by atoms with van der Waals surface area (Å²) in [5, 5.41) is 11.9. The van der Waals surface area contributed by atoms with Gasteiger partial charge in [0.25, 0.3) is 5.78 Å². The summed E-state index contributed by atoms with van der Waals surface area (Å²) in [4.78, 5) is 33.7. The summed E-state index contributed by atoms with van der Waals surface area (Å²) in [6, 6.07) is 24.8.